The molecule has 2 heterocycles. The molecule has 1 amide bonds. The van der Waals surface area contributed by atoms with Crippen LogP contribution in [0, 0.1) is 0 Å². The summed E-state index contributed by atoms with van der Waals surface area (Å²) in [7, 11) is 0. The Hall–Kier alpha value is -1.69. The van der Waals surface area contributed by atoms with Gasteiger partial charge in [0, 0.05) is 12.6 Å². The van der Waals surface area contributed by atoms with Crippen LogP contribution in [-0.4, -0.2) is 23.0 Å². The predicted octanol–water partition coefficient (Wildman–Crippen LogP) is -0.108. The summed E-state index contributed by atoms with van der Waals surface area (Å²) in [5, 5.41) is 0. The molecule has 1 fully saturated rings. The summed E-state index contributed by atoms with van der Waals surface area (Å²) in [6.45, 7) is 0.613. The fourth-order valence-corrected chi connectivity index (χ4v) is 2.17. The standard InChI is InChI=1S/C12H14N4O/c17-11-7-6-10-12(14-15-13-10)16(11)8-9-4-2-1-3-5-9/h1-7,10,12-15H,8H2. The molecule has 0 spiro atoms. The van der Waals surface area contributed by atoms with Crippen molar-refractivity contribution in [3.05, 3.63) is 48.0 Å². The number of hydrazine groups is 2. The molecule has 0 saturated carbocycles. The number of carbonyl (C=O) groups excluding carboxylic acids is 1. The smallest absolute Gasteiger partial charge is 0.247 e. The number of fused-ring (bicyclic) bond motifs is 1. The van der Waals surface area contributed by atoms with Crippen molar-refractivity contribution in [3.8, 4) is 0 Å². The van der Waals surface area contributed by atoms with E-state index in [0.717, 1.165) is 5.56 Å². The number of amides is 1. The van der Waals surface area contributed by atoms with Gasteiger partial charge in [-0.2, -0.15) is 5.53 Å². The van der Waals surface area contributed by atoms with Crippen molar-refractivity contribution in [2.75, 3.05) is 0 Å². The van der Waals surface area contributed by atoms with Gasteiger partial charge in [0.2, 0.25) is 5.91 Å². The van der Waals surface area contributed by atoms with Crippen LogP contribution in [0.3, 0.4) is 0 Å². The third-order valence-electron chi connectivity index (χ3n) is 3.06. The number of benzene rings is 1. The molecule has 1 aromatic carbocycles. The minimum atomic E-state index is -0.0345. The monoisotopic (exact) mass is 230 g/mol. The maximum atomic E-state index is 11.9. The Morgan fingerprint density at radius 1 is 1.18 bits per heavy atom. The van der Waals surface area contributed by atoms with Gasteiger partial charge in [0.25, 0.3) is 0 Å². The molecule has 3 N–H and O–H groups in total. The largest absolute Gasteiger partial charge is 0.316 e. The van der Waals surface area contributed by atoms with E-state index >= 15 is 0 Å². The number of nitrogens with zero attached hydrogens (tertiary/aromatic N) is 1. The first-order valence-corrected chi connectivity index (χ1v) is 5.63. The fraction of sp³-hybridized carbons (Fsp3) is 0.250. The van der Waals surface area contributed by atoms with Crippen LogP contribution >= 0.6 is 0 Å². The zero-order chi connectivity index (χ0) is 11.7. The predicted molar refractivity (Wildman–Crippen MR) is 63.1 cm³/mol. The van der Waals surface area contributed by atoms with Crippen molar-refractivity contribution < 1.29 is 4.79 Å². The molecule has 3 rings (SSSR count). The second-order valence-corrected chi connectivity index (χ2v) is 4.20. The molecule has 1 aromatic rings. The zero-order valence-corrected chi connectivity index (χ0v) is 9.26. The van der Waals surface area contributed by atoms with E-state index in [-0.39, 0.29) is 18.1 Å². The summed E-state index contributed by atoms with van der Waals surface area (Å²) in [6.07, 6.45) is 3.46. The van der Waals surface area contributed by atoms with Crippen molar-refractivity contribution in [3.63, 3.8) is 0 Å². The van der Waals surface area contributed by atoms with E-state index in [9.17, 15) is 4.79 Å². The lowest BCUT2D eigenvalue weighted by Crippen LogP contribution is -2.52. The van der Waals surface area contributed by atoms with Crippen LogP contribution in [-0.2, 0) is 11.3 Å². The summed E-state index contributed by atoms with van der Waals surface area (Å²) in [5.41, 5.74) is 10.1. The van der Waals surface area contributed by atoms with Crippen molar-refractivity contribution >= 4 is 5.91 Å². The fourth-order valence-electron chi connectivity index (χ4n) is 2.17. The minimum absolute atomic E-state index is 0.0345. The van der Waals surface area contributed by atoms with Crippen LogP contribution < -0.4 is 16.4 Å². The van der Waals surface area contributed by atoms with E-state index in [1.165, 1.54) is 0 Å². The zero-order valence-electron chi connectivity index (χ0n) is 9.26. The summed E-state index contributed by atoms with van der Waals surface area (Å²) < 4.78 is 0. The van der Waals surface area contributed by atoms with Crippen LogP contribution in [0.25, 0.3) is 0 Å². The van der Waals surface area contributed by atoms with Crippen LogP contribution in [0.2, 0.25) is 0 Å². The van der Waals surface area contributed by atoms with E-state index in [0.29, 0.717) is 6.54 Å². The highest BCUT2D eigenvalue weighted by Gasteiger charge is 2.35. The van der Waals surface area contributed by atoms with Gasteiger partial charge in [-0.25, -0.2) is 10.9 Å². The molecule has 0 aliphatic carbocycles. The molecule has 2 unspecified atom stereocenters. The Kier molecular flexibility index (Phi) is 2.64. The summed E-state index contributed by atoms with van der Waals surface area (Å²) in [6, 6.07) is 10.1. The Labute approximate surface area is 99.4 Å². The molecule has 0 aromatic heterocycles. The molecule has 2 atom stereocenters. The molecular formula is C12H14N4O. The van der Waals surface area contributed by atoms with E-state index in [1.54, 1.807) is 6.08 Å². The number of rotatable bonds is 2. The summed E-state index contributed by atoms with van der Waals surface area (Å²) in [4.78, 5) is 13.7. The molecular weight excluding hydrogens is 216 g/mol. The Bertz CT molecular complexity index is 445. The first-order chi connectivity index (χ1) is 8.34. The Morgan fingerprint density at radius 2 is 2.00 bits per heavy atom. The molecule has 17 heavy (non-hydrogen) atoms. The summed E-state index contributed by atoms with van der Waals surface area (Å²) in [5.74, 6) is 0.0353. The quantitative estimate of drug-likeness (QED) is 0.663. The van der Waals surface area contributed by atoms with E-state index < -0.39 is 0 Å². The maximum absolute atomic E-state index is 11.9. The van der Waals surface area contributed by atoms with Crippen LogP contribution in [0.1, 0.15) is 5.56 Å². The van der Waals surface area contributed by atoms with Crippen LogP contribution in [0.15, 0.2) is 42.5 Å². The minimum Gasteiger partial charge on any atom is -0.316 e. The number of carbonyl (C=O) groups is 1. The Balaban J connectivity index is 1.82. The summed E-state index contributed by atoms with van der Waals surface area (Å²) >= 11 is 0. The van der Waals surface area contributed by atoms with Gasteiger partial charge >= 0.3 is 0 Å². The lowest BCUT2D eigenvalue weighted by molar-refractivity contribution is -0.130. The molecule has 2 aliphatic heterocycles. The van der Waals surface area contributed by atoms with Crippen molar-refractivity contribution in [1.82, 2.24) is 21.3 Å². The highest BCUT2D eigenvalue weighted by molar-refractivity contribution is 5.89. The van der Waals surface area contributed by atoms with Gasteiger partial charge in [0.15, 0.2) is 0 Å². The van der Waals surface area contributed by atoms with E-state index in [2.05, 4.69) is 16.4 Å². The second kappa shape index (κ2) is 4.29. The average Bonchev–Trinajstić information content (AvgIpc) is 2.83. The topological polar surface area (TPSA) is 56.4 Å². The van der Waals surface area contributed by atoms with Crippen molar-refractivity contribution in [1.29, 1.82) is 0 Å². The number of hydrogen-bond acceptors (Lipinski definition) is 4. The van der Waals surface area contributed by atoms with Crippen molar-refractivity contribution in [2.45, 2.75) is 18.8 Å². The normalized spacial score (nSPS) is 27.3. The molecule has 0 radical (unpaired) electrons. The lowest BCUT2D eigenvalue weighted by atomic mass is 10.1. The third kappa shape index (κ3) is 1.95. The van der Waals surface area contributed by atoms with E-state index in [4.69, 9.17) is 0 Å². The highest BCUT2D eigenvalue weighted by atomic mass is 16.2. The van der Waals surface area contributed by atoms with Crippen LogP contribution in [0.5, 0.6) is 0 Å². The van der Waals surface area contributed by atoms with Gasteiger partial charge in [0.05, 0.1) is 6.04 Å². The third-order valence-corrected chi connectivity index (χ3v) is 3.06. The first-order valence-electron chi connectivity index (χ1n) is 5.63. The van der Waals surface area contributed by atoms with Gasteiger partial charge in [-0.1, -0.05) is 36.4 Å². The molecule has 5 heteroatoms. The Morgan fingerprint density at radius 3 is 2.82 bits per heavy atom. The molecule has 88 valence electrons. The SMILES string of the molecule is O=C1C=CC2NNNC2N1Cc1ccccc1. The molecule has 5 nitrogen and oxygen atoms in total. The van der Waals surface area contributed by atoms with Crippen molar-refractivity contribution in [2.24, 2.45) is 0 Å². The lowest BCUT2D eigenvalue weighted by Gasteiger charge is -2.32. The van der Waals surface area contributed by atoms with Gasteiger partial charge < -0.3 is 4.90 Å². The highest BCUT2D eigenvalue weighted by Crippen LogP contribution is 2.16. The van der Waals surface area contributed by atoms with Crippen LogP contribution in [0.4, 0.5) is 0 Å². The second-order valence-electron chi connectivity index (χ2n) is 4.20. The van der Waals surface area contributed by atoms with Gasteiger partial charge in [0.1, 0.15) is 6.17 Å². The first kappa shape index (κ1) is 10.5. The maximum Gasteiger partial charge on any atom is 0.247 e. The van der Waals surface area contributed by atoms with Gasteiger partial charge in [-0.15, -0.1) is 0 Å². The molecule has 2 aliphatic rings. The van der Waals surface area contributed by atoms with Gasteiger partial charge in [-0.3, -0.25) is 4.79 Å². The van der Waals surface area contributed by atoms with E-state index in [1.807, 2.05) is 41.3 Å². The molecule has 0 bridgehead atoms. The number of nitrogens with one attached hydrogen (secondary N) is 3. The average molecular weight is 230 g/mol. The number of hydrogen-bond donors (Lipinski definition) is 3. The molecule has 1 saturated heterocycles. The van der Waals surface area contributed by atoms with Gasteiger partial charge in [-0.05, 0) is 5.56 Å².